The molecule has 0 atom stereocenters. The molecule has 0 N–H and O–H groups in total. The van der Waals surface area contributed by atoms with Gasteiger partial charge < -0.3 is 4.74 Å². The van der Waals surface area contributed by atoms with Crippen LogP contribution >= 0.6 is 0 Å². The summed E-state index contributed by atoms with van der Waals surface area (Å²) in [5.74, 6) is 0.892. The number of nitrogens with zero attached hydrogens (tertiary/aromatic N) is 2. The van der Waals surface area contributed by atoms with Crippen LogP contribution in [0.3, 0.4) is 0 Å². The molecule has 0 bridgehead atoms. The summed E-state index contributed by atoms with van der Waals surface area (Å²) in [5.41, 5.74) is 2.27. The van der Waals surface area contributed by atoms with Gasteiger partial charge in [0.25, 0.3) is 0 Å². The first-order valence-corrected chi connectivity index (χ1v) is 5.48. The third-order valence-electron chi connectivity index (χ3n) is 2.49. The van der Waals surface area contributed by atoms with Crippen molar-refractivity contribution in [1.29, 1.82) is 0 Å². The Hall–Kier alpha value is -1.77. The van der Waals surface area contributed by atoms with Gasteiger partial charge in [0, 0.05) is 13.2 Å². The van der Waals surface area contributed by atoms with Crippen molar-refractivity contribution in [3.05, 3.63) is 47.8 Å². The zero-order chi connectivity index (χ0) is 11.4. The van der Waals surface area contributed by atoms with Gasteiger partial charge in [0.05, 0.1) is 5.69 Å². The van der Waals surface area contributed by atoms with Crippen molar-refractivity contribution in [3.8, 4) is 5.75 Å². The van der Waals surface area contributed by atoms with Crippen LogP contribution in [0.5, 0.6) is 5.75 Å². The maximum absolute atomic E-state index is 5.63. The summed E-state index contributed by atoms with van der Waals surface area (Å²) in [4.78, 5) is 0. The normalized spacial score (nSPS) is 10.4. The fourth-order valence-electron chi connectivity index (χ4n) is 1.52. The van der Waals surface area contributed by atoms with Crippen molar-refractivity contribution in [2.24, 2.45) is 7.05 Å². The van der Waals surface area contributed by atoms with Crippen LogP contribution in [0.4, 0.5) is 0 Å². The van der Waals surface area contributed by atoms with E-state index in [-0.39, 0.29) is 0 Å². The number of rotatable bonds is 4. The molecule has 0 radical (unpaired) electrons. The Bertz CT molecular complexity index is 445. The minimum Gasteiger partial charge on any atom is -0.487 e. The highest BCUT2D eigenvalue weighted by atomic mass is 16.5. The van der Waals surface area contributed by atoms with Crippen LogP contribution in [0.1, 0.15) is 18.2 Å². The molecule has 0 spiro atoms. The second-order valence-electron chi connectivity index (χ2n) is 3.77. The molecule has 1 heterocycles. The third kappa shape index (κ3) is 2.63. The zero-order valence-electron chi connectivity index (χ0n) is 9.68. The number of benzene rings is 1. The topological polar surface area (TPSA) is 27.1 Å². The van der Waals surface area contributed by atoms with E-state index < -0.39 is 0 Å². The van der Waals surface area contributed by atoms with Crippen LogP contribution in [0.2, 0.25) is 0 Å². The molecule has 2 rings (SSSR count). The van der Waals surface area contributed by atoms with Crippen molar-refractivity contribution >= 4 is 0 Å². The smallest absolute Gasteiger partial charge is 0.132 e. The van der Waals surface area contributed by atoms with Crippen LogP contribution in [-0.4, -0.2) is 9.78 Å². The second kappa shape index (κ2) is 4.84. The quantitative estimate of drug-likeness (QED) is 0.785. The van der Waals surface area contributed by atoms with Crippen LogP contribution in [0.15, 0.2) is 36.5 Å². The van der Waals surface area contributed by atoms with Gasteiger partial charge in [-0.05, 0) is 30.2 Å². The van der Waals surface area contributed by atoms with E-state index in [1.54, 1.807) is 4.68 Å². The van der Waals surface area contributed by atoms with E-state index >= 15 is 0 Å². The van der Waals surface area contributed by atoms with E-state index in [0.717, 1.165) is 17.9 Å². The molecule has 0 aliphatic heterocycles. The molecule has 1 aromatic heterocycles. The Labute approximate surface area is 95.7 Å². The van der Waals surface area contributed by atoms with Gasteiger partial charge in [0.1, 0.15) is 12.4 Å². The SMILES string of the molecule is CCc1ccc(OCc2ccn(C)n2)cc1. The summed E-state index contributed by atoms with van der Waals surface area (Å²) in [6.45, 7) is 2.66. The van der Waals surface area contributed by atoms with Gasteiger partial charge >= 0.3 is 0 Å². The Kier molecular flexibility index (Phi) is 3.25. The van der Waals surface area contributed by atoms with Gasteiger partial charge in [-0.1, -0.05) is 19.1 Å². The average Bonchev–Trinajstić information content (AvgIpc) is 2.73. The molecule has 16 heavy (non-hydrogen) atoms. The molecular formula is C13H16N2O. The lowest BCUT2D eigenvalue weighted by Crippen LogP contribution is -1.97. The fraction of sp³-hybridized carbons (Fsp3) is 0.308. The molecule has 0 saturated carbocycles. The first kappa shape index (κ1) is 10.7. The summed E-state index contributed by atoms with van der Waals surface area (Å²) < 4.78 is 7.41. The molecule has 0 fully saturated rings. The Balaban J connectivity index is 1.94. The molecule has 0 amide bonds. The Morgan fingerprint density at radius 3 is 2.50 bits per heavy atom. The molecular weight excluding hydrogens is 200 g/mol. The van der Waals surface area contributed by atoms with E-state index in [1.807, 2.05) is 31.4 Å². The van der Waals surface area contributed by atoms with Crippen LogP contribution in [-0.2, 0) is 20.1 Å². The lowest BCUT2D eigenvalue weighted by molar-refractivity contribution is 0.300. The third-order valence-corrected chi connectivity index (χ3v) is 2.49. The predicted octanol–water partition coefficient (Wildman–Crippen LogP) is 2.56. The van der Waals surface area contributed by atoms with E-state index in [1.165, 1.54) is 5.56 Å². The maximum Gasteiger partial charge on any atom is 0.132 e. The monoisotopic (exact) mass is 216 g/mol. The minimum atomic E-state index is 0.520. The van der Waals surface area contributed by atoms with Crippen molar-refractivity contribution < 1.29 is 4.74 Å². The summed E-state index contributed by atoms with van der Waals surface area (Å²) in [7, 11) is 1.90. The fourth-order valence-corrected chi connectivity index (χ4v) is 1.52. The summed E-state index contributed by atoms with van der Waals surface area (Å²) >= 11 is 0. The van der Waals surface area contributed by atoms with Gasteiger partial charge in [-0.25, -0.2) is 0 Å². The molecule has 0 aliphatic rings. The molecule has 1 aromatic carbocycles. The van der Waals surface area contributed by atoms with Crippen molar-refractivity contribution in [1.82, 2.24) is 9.78 Å². The van der Waals surface area contributed by atoms with Crippen LogP contribution in [0, 0.1) is 0 Å². The van der Waals surface area contributed by atoms with Gasteiger partial charge in [-0.2, -0.15) is 5.10 Å². The molecule has 3 heteroatoms. The number of ether oxygens (including phenoxy) is 1. The highest BCUT2D eigenvalue weighted by Gasteiger charge is 1.98. The maximum atomic E-state index is 5.63. The summed E-state index contributed by atoms with van der Waals surface area (Å²) in [6.07, 6.45) is 2.97. The second-order valence-corrected chi connectivity index (χ2v) is 3.77. The zero-order valence-corrected chi connectivity index (χ0v) is 9.68. The van der Waals surface area contributed by atoms with Crippen LogP contribution in [0.25, 0.3) is 0 Å². The van der Waals surface area contributed by atoms with Crippen molar-refractivity contribution in [3.63, 3.8) is 0 Å². The number of hydrogen-bond donors (Lipinski definition) is 0. The van der Waals surface area contributed by atoms with E-state index in [4.69, 9.17) is 4.74 Å². The molecule has 0 unspecified atom stereocenters. The molecule has 0 saturated heterocycles. The lowest BCUT2D eigenvalue weighted by Gasteiger charge is -2.04. The summed E-state index contributed by atoms with van der Waals surface area (Å²) in [5, 5.41) is 4.25. The van der Waals surface area contributed by atoms with E-state index in [2.05, 4.69) is 24.2 Å². The first-order valence-electron chi connectivity index (χ1n) is 5.48. The molecule has 3 nitrogen and oxygen atoms in total. The van der Waals surface area contributed by atoms with E-state index in [0.29, 0.717) is 6.61 Å². The molecule has 84 valence electrons. The molecule has 0 aliphatic carbocycles. The highest BCUT2D eigenvalue weighted by Crippen LogP contribution is 2.13. The Morgan fingerprint density at radius 2 is 1.94 bits per heavy atom. The van der Waals surface area contributed by atoms with Gasteiger partial charge in [0.15, 0.2) is 0 Å². The minimum absolute atomic E-state index is 0.520. The Morgan fingerprint density at radius 1 is 1.19 bits per heavy atom. The average molecular weight is 216 g/mol. The standard InChI is InChI=1S/C13H16N2O/c1-3-11-4-6-13(7-5-11)16-10-12-8-9-15(2)14-12/h4-9H,3,10H2,1-2H3. The predicted molar refractivity (Wildman–Crippen MR) is 63.4 cm³/mol. The van der Waals surface area contributed by atoms with Gasteiger partial charge in [0.2, 0.25) is 0 Å². The van der Waals surface area contributed by atoms with Crippen molar-refractivity contribution in [2.75, 3.05) is 0 Å². The van der Waals surface area contributed by atoms with Crippen molar-refractivity contribution in [2.45, 2.75) is 20.0 Å². The van der Waals surface area contributed by atoms with Gasteiger partial charge in [-0.15, -0.1) is 0 Å². The van der Waals surface area contributed by atoms with Crippen LogP contribution < -0.4 is 4.74 Å². The van der Waals surface area contributed by atoms with E-state index in [9.17, 15) is 0 Å². The highest BCUT2D eigenvalue weighted by molar-refractivity contribution is 5.27. The summed E-state index contributed by atoms with van der Waals surface area (Å²) in [6, 6.07) is 10.1. The van der Waals surface area contributed by atoms with Gasteiger partial charge in [-0.3, -0.25) is 4.68 Å². The first-order chi connectivity index (χ1) is 7.78. The largest absolute Gasteiger partial charge is 0.487 e. The number of aromatic nitrogens is 2. The molecule has 2 aromatic rings. The number of aryl methyl sites for hydroxylation is 2. The number of hydrogen-bond acceptors (Lipinski definition) is 2. The lowest BCUT2D eigenvalue weighted by atomic mass is 10.2.